The van der Waals surface area contributed by atoms with E-state index < -0.39 is 0 Å². The maximum atomic E-state index is 10.7. The van der Waals surface area contributed by atoms with Gasteiger partial charge in [-0.25, -0.2) is 4.79 Å². The molecule has 0 amide bonds. The summed E-state index contributed by atoms with van der Waals surface area (Å²) < 4.78 is 6.18. The molecule has 1 rings (SSSR count). The summed E-state index contributed by atoms with van der Waals surface area (Å²) in [7, 11) is 1.71. The highest BCUT2D eigenvalue weighted by Gasteiger charge is 2.06. The Labute approximate surface area is 59.3 Å². The number of aromatic nitrogens is 1. The van der Waals surface area contributed by atoms with Crippen molar-refractivity contribution in [2.45, 2.75) is 19.8 Å². The summed E-state index contributed by atoms with van der Waals surface area (Å²) in [5, 5.41) is 0. The van der Waals surface area contributed by atoms with E-state index in [0.717, 1.165) is 5.69 Å². The Morgan fingerprint density at radius 1 is 1.60 bits per heavy atom. The van der Waals surface area contributed by atoms with E-state index in [-0.39, 0.29) is 5.76 Å². The van der Waals surface area contributed by atoms with Crippen LogP contribution in [0.1, 0.15) is 25.5 Å². The zero-order valence-corrected chi connectivity index (χ0v) is 6.42. The standard InChI is InChI=1S/C7H11NO2/c1-5(2)6-4-10-7(9)8(6)3/h4-5H,1-3H3. The van der Waals surface area contributed by atoms with Gasteiger partial charge in [0, 0.05) is 7.05 Å². The van der Waals surface area contributed by atoms with E-state index in [9.17, 15) is 4.79 Å². The molecule has 56 valence electrons. The van der Waals surface area contributed by atoms with Crippen LogP contribution in [0.5, 0.6) is 0 Å². The Kier molecular flexibility index (Phi) is 1.66. The van der Waals surface area contributed by atoms with Crippen LogP contribution in [0.15, 0.2) is 15.5 Å². The topological polar surface area (TPSA) is 35.1 Å². The van der Waals surface area contributed by atoms with Gasteiger partial charge in [-0.3, -0.25) is 4.57 Å². The van der Waals surface area contributed by atoms with Crippen LogP contribution in [0.3, 0.4) is 0 Å². The highest BCUT2D eigenvalue weighted by atomic mass is 16.4. The third kappa shape index (κ3) is 0.988. The van der Waals surface area contributed by atoms with E-state index in [1.807, 2.05) is 13.8 Å². The van der Waals surface area contributed by atoms with E-state index in [1.54, 1.807) is 7.05 Å². The van der Waals surface area contributed by atoms with Crippen molar-refractivity contribution in [2.24, 2.45) is 7.05 Å². The van der Waals surface area contributed by atoms with Crippen LogP contribution >= 0.6 is 0 Å². The summed E-state index contributed by atoms with van der Waals surface area (Å²) in [5.74, 6) is 0.0557. The van der Waals surface area contributed by atoms with Crippen LogP contribution in [-0.2, 0) is 7.05 Å². The van der Waals surface area contributed by atoms with Gasteiger partial charge in [0.25, 0.3) is 0 Å². The Morgan fingerprint density at radius 2 is 2.20 bits per heavy atom. The first kappa shape index (κ1) is 7.12. The summed E-state index contributed by atoms with van der Waals surface area (Å²) in [6.07, 6.45) is 1.51. The molecule has 0 aromatic carbocycles. The van der Waals surface area contributed by atoms with Gasteiger partial charge in [-0.05, 0) is 5.92 Å². The van der Waals surface area contributed by atoms with Crippen LogP contribution in [0.4, 0.5) is 0 Å². The number of nitrogens with zero attached hydrogens (tertiary/aromatic N) is 1. The molecule has 0 aliphatic heterocycles. The zero-order chi connectivity index (χ0) is 7.72. The number of oxazole rings is 1. The fourth-order valence-electron chi connectivity index (χ4n) is 0.898. The van der Waals surface area contributed by atoms with E-state index in [4.69, 9.17) is 0 Å². The van der Waals surface area contributed by atoms with Gasteiger partial charge >= 0.3 is 5.76 Å². The molecule has 1 aromatic heterocycles. The summed E-state index contributed by atoms with van der Waals surface area (Å²) in [6, 6.07) is 0. The van der Waals surface area contributed by atoms with Gasteiger partial charge in [0.2, 0.25) is 0 Å². The first-order valence-corrected chi connectivity index (χ1v) is 3.27. The summed E-state index contributed by atoms with van der Waals surface area (Å²) in [5.41, 5.74) is 0.935. The minimum atomic E-state index is -0.288. The fraction of sp³-hybridized carbons (Fsp3) is 0.571. The number of hydrogen-bond donors (Lipinski definition) is 0. The van der Waals surface area contributed by atoms with Gasteiger partial charge in [0.05, 0.1) is 5.69 Å². The highest BCUT2D eigenvalue weighted by molar-refractivity contribution is 4.99. The van der Waals surface area contributed by atoms with Gasteiger partial charge < -0.3 is 4.42 Å². The average Bonchev–Trinajstić information content (AvgIpc) is 2.14. The van der Waals surface area contributed by atoms with Crippen molar-refractivity contribution in [2.75, 3.05) is 0 Å². The third-order valence-electron chi connectivity index (χ3n) is 1.53. The lowest BCUT2D eigenvalue weighted by Crippen LogP contribution is -2.12. The minimum absolute atomic E-state index is 0.288. The van der Waals surface area contributed by atoms with E-state index >= 15 is 0 Å². The van der Waals surface area contributed by atoms with E-state index in [2.05, 4.69) is 4.42 Å². The predicted molar refractivity (Wildman–Crippen MR) is 38.0 cm³/mol. The van der Waals surface area contributed by atoms with Crippen molar-refractivity contribution >= 4 is 0 Å². The summed E-state index contributed by atoms with van der Waals surface area (Å²) in [4.78, 5) is 10.7. The number of hydrogen-bond acceptors (Lipinski definition) is 2. The first-order valence-electron chi connectivity index (χ1n) is 3.27. The number of rotatable bonds is 1. The van der Waals surface area contributed by atoms with Crippen molar-refractivity contribution in [1.82, 2.24) is 4.57 Å². The zero-order valence-electron chi connectivity index (χ0n) is 6.42. The molecule has 10 heavy (non-hydrogen) atoms. The maximum absolute atomic E-state index is 10.7. The molecule has 0 saturated heterocycles. The van der Waals surface area contributed by atoms with Gasteiger partial charge in [-0.2, -0.15) is 0 Å². The summed E-state index contributed by atoms with van der Waals surface area (Å²) in [6.45, 7) is 4.04. The minimum Gasteiger partial charge on any atom is -0.416 e. The molecule has 0 fully saturated rings. The van der Waals surface area contributed by atoms with E-state index in [0.29, 0.717) is 5.92 Å². The van der Waals surface area contributed by atoms with Crippen LogP contribution in [0.25, 0.3) is 0 Å². The monoisotopic (exact) mass is 141 g/mol. The smallest absolute Gasteiger partial charge is 0.416 e. The molecule has 0 N–H and O–H groups in total. The Hall–Kier alpha value is -0.990. The molecule has 0 radical (unpaired) electrons. The molecule has 3 heteroatoms. The second-order valence-corrected chi connectivity index (χ2v) is 2.64. The molecule has 0 aliphatic carbocycles. The molecule has 0 spiro atoms. The first-order chi connectivity index (χ1) is 4.63. The largest absolute Gasteiger partial charge is 0.418 e. The van der Waals surface area contributed by atoms with Gasteiger partial charge in [-0.15, -0.1) is 0 Å². The molecule has 0 unspecified atom stereocenters. The molecular formula is C7H11NO2. The Bertz CT molecular complexity index is 269. The van der Waals surface area contributed by atoms with Crippen LogP contribution in [0.2, 0.25) is 0 Å². The molecule has 1 heterocycles. The van der Waals surface area contributed by atoms with Crippen LogP contribution < -0.4 is 5.76 Å². The molecule has 3 nitrogen and oxygen atoms in total. The predicted octanol–water partition coefficient (Wildman–Crippen LogP) is 1.10. The van der Waals surface area contributed by atoms with Crippen molar-refractivity contribution in [3.8, 4) is 0 Å². The molecule has 0 bridgehead atoms. The lowest BCUT2D eigenvalue weighted by molar-refractivity contribution is 0.494. The van der Waals surface area contributed by atoms with Crippen LogP contribution in [0, 0.1) is 0 Å². The lowest BCUT2D eigenvalue weighted by Gasteiger charge is -2.00. The Morgan fingerprint density at radius 3 is 2.40 bits per heavy atom. The molecule has 0 saturated carbocycles. The van der Waals surface area contributed by atoms with E-state index in [1.165, 1.54) is 10.8 Å². The van der Waals surface area contributed by atoms with Gasteiger partial charge in [-0.1, -0.05) is 13.8 Å². The van der Waals surface area contributed by atoms with Gasteiger partial charge in [0.1, 0.15) is 6.26 Å². The molecule has 0 atom stereocenters. The lowest BCUT2D eigenvalue weighted by atomic mass is 10.1. The van der Waals surface area contributed by atoms with Crippen molar-refractivity contribution < 1.29 is 4.42 Å². The second kappa shape index (κ2) is 2.33. The third-order valence-corrected chi connectivity index (χ3v) is 1.53. The average molecular weight is 141 g/mol. The normalized spacial score (nSPS) is 10.8. The van der Waals surface area contributed by atoms with Gasteiger partial charge in [0.15, 0.2) is 0 Å². The Balaban J connectivity index is 3.18. The fourth-order valence-corrected chi connectivity index (χ4v) is 0.898. The highest BCUT2D eigenvalue weighted by Crippen LogP contribution is 2.10. The second-order valence-electron chi connectivity index (χ2n) is 2.64. The molecular weight excluding hydrogens is 130 g/mol. The molecule has 0 aliphatic rings. The quantitative estimate of drug-likeness (QED) is 0.587. The van der Waals surface area contributed by atoms with Crippen molar-refractivity contribution in [3.05, 3.63) is 22.5 Å². The SMILES string of the molecule is CC(C)c1coc(=O)n1C. The van der Waals surface area contributed by atoms with Crippen molar-refractivity contribution in [1.29, 1.82) is 0 Å². The van der Waals surface area contributed by atoms with Crippen molar-refractivity contribution in [3.63, 3.8) is 0 Å². The van der Waals surface area contributed by atoms with Crippen LogP contribution in [-0.4, -0.2) is 4.57 Å². The summed E-state index contributed by atoms with van der Waals surface area (Å²) >= 11 is 0. The molecule has 1 aromatic rings. The maximum Gasteiger partial charge on any atom is 0.418 e.